The van der Waals surface area contributed by atoms with Gasteiger partial charge in [-0.1, -0.05) is 66.2 Å². The number of carbonyl (C=O) groups is 1. The van der Waals surface area contributed by atoms with Gasteiger partial charge in [-0.25, -0.2) is 21.6 Å². The number of nitrogens with one attached hydrogen (secondary N) is 2. The molecule has 0 radical (unpaired) electrons. The van der Waals surface area contributed by atoms with Crippen LogP contribution >= 0.6 is 35.0 Å². The fourth-order valence-electron chi connectivity index (χ4n) is 9.61. The van der Waals surface area contributed by atoms with Crippen LogP contribution in [-0.2, 0) is 26.4 Å². The summed E-state index contributed by atoms with van der Waals surface area (Å²) in [7, 11) is -10.4. The number of sulfonamides is 1. The summed E-state index contributed by atoms with van der Waals surface area (Å²) in [6, 6.07) is 35.2. The van der Waals surface area contributed by atoms with Gasteiger partial charge in [-0.05, 0) is 147 Å². The van der Waals surface area contributed by atoms with Gasteiger partial charge in [0, 0.05) is 77.8 Å². The van der Waals surface area contributed by atoms with Crippen molar-refractivity contribution >= 4 is 72.1 Å². The Kier molecular flexibility index (Phi) is 14.7. The number of thioether (sulfide) groups is 1. The molecule has 10 nitrogen and oxygen atoms in total. The number of anilines is 2. The minimum atomic E-state index is -5.61. The fourth-order valence-corrected chi connectivity index (χ4v) is 13.0. The van der Waals surface area contributed by atoms with Crippen LogP contribution < -0.4 is 14.9 Å². The van der Waals surface area contributed by atoms with Gasteiger partial charge in [0.15, 0.2) is 0 Å². The highest BCUT2D eigenvalue weighted by Gasteiger charge is 2.46. The predicted octanol–water partition coefficient (Wildman–Crippen LogP) is 10.1. The third kappa shape index (κ3) is 11.0. The first kappa shape index (κ1) is 48.2. The van der Waals surface area contributed by atoms with Gasteiger partial charge in [-0.2, -0.15) is 8.78 Å². The van der Waals surface area contributed by atoms with Crippen LogP contribution in [0.15, 0.2) is 136 Å². The first-order valence-corrected chi connectivity index (χ1v) is 26.8. The zero-order chi connectivity index (χ0) is 46.8. The molecule has 1 amide bonds. The molecule has 0 aliphatic carbocycles. The van der Waals surface area contributed by atoms with E-state index >= 15 is 0 Å². The molecule has 3 fully saturated rings. The van der Waals surface area contributed by atoms with E-state index in [1.165, 1.54) is 29.5 Å². The molecule has 3 aliphatic rings. The molecule has 8 rings (SSSR count). The van der Waals surface area contributed by atoms with Crippen molar-refractivity contribution in [2.45, 2.75) is 77.2 Å². The zero-order valence-corrected chi connectivity index (χ0v) is 40.6. The minimum absolute atomic E-state index is 0.0327. The lowest BCUT2D eigenvalue weighted by atomic mass is 9.87. The number of alkyl halides is 3. The number of hydrogen-bond acceptors (Lipinski definition) is 10. The molecule has 0 aromatic heterocycles. The molecule has 3 aliphatic heterocycles. The number of fused-ring (bicyclic) bond motifs is 2. The van der Waals surface area contributed by atoms with Crippen molar-refractivity contribution in [3.05, 3.63) is 137 Å². The van der Waals surface area contributed by atoms with Crippen molar-refractivity contribution in [1.82, 2.24) is 14.5 Å². The zero-order valence-electron chi connectivity index (χ0n) is 36.6. The van der Waals surface area contributed by atoms with Gasteiger partial charge < -0.3 is 15.1 Å². The monoisotopic (exact) mass is 995 g/mol. The maximum Gasteiger partial charge on any atom is 0.427 e. The summed E-state index contributed by atoms with van der Waals surface area (Å²) in [5.74, 6) is 0.562. The number of amides is 1. The molecular weight excluding hydrogens is 944 g/mol. The summed E-state index contributed by atoms with van der Waals surface area (Å²) >= 11 is 12.9. The SMILES string of the molecule is C[C@@H]1CN(c2ccc(C(=O)NS(=O)(=O)c3ccc(N[C@H](CCC4CN5CC[C@@H]4C5)CSc4ccccc4)c(S(=O)(=O)C(F)(F)Cl)c3)cc2)C[C@H](C)N1Cc1ccccc1-c1ccc(Cl)cc1. The molecular formula is C49H53Cl2F2N5O5S3. The maximum absolute atomic E-state index is 14.7. The molecule has 2 unspecified atom stereocenters. The molecule has 5 aromatic rings. The topological polar surface area (TPSA) is 119 Å². The number of sulfone groups is 1. The predicted molar refractivity (Wildman–Crippen MR) is 261 cm³/mol. The van der Waals surface area contributed by atoms with E-state index in [4.69, 9.17) is 23.2 Å². The average Bonchev–Trinajstić information content (AvgIpc) is 3.93. The lowest BCUT2D eigenvalue weighted by molar-refractivity contribution is 0.0981. The first-order valence-electron chi connectivity index (χ1n) is 22.1. The fraction of sp³-hybridized carbons (Fsp3) is 0.367. The molecule has 5 aromatic carbocycles. The molecule has 0 spiro atoms. The normalized spacial score (nSPS) is 21.7. The third-order valence-electron chi connectivity index (χ3n) is 13.1. The second-order valence-corrected chi connectivity index (χ2v) is 23.5. The van der Waals surface area contributed by atoms with E-state index in [-0.39, 0.29) is 29.4 Å². The molecule has 2 bridgehead atoms. The number of piperazine rings is 1. The largest absolute Gasteiger partial charge is 0.427 e. The van der Waals surface area contributed by atoms with Crippen LogP contribution in [0.1, 0.15) is 49.0 Å². The van der Waals surface area contributed by atoms with Crippen LogP contribution in [0.4, 0.5) is 20.2 Å². The Morgan fingerprint density at radius 1 is 0.848 bits per heavy atom. The molecule has 0 saturated carbocycles. The second kappa shape index (κ2) is 20.2. The lowest BCUT2D eigenvalue weighted by Gasteiger charge is -2.45. The van der Waals surface area contributed by atoms with Crippen LogP contribution in [0.25, 0.3) is 11.1 Å². The summed E-state index contributed by atoms with van der Waals surface area (Å²) in [5, 5.41) is 3.86. The Morgan fingerprint density at radius 2 is 1.53 bits per heavy atom. The highest BCUT2D eigenvalue weighted by atomic mass is 35.5. The molecule has 17 heteroatoms. The van der Waals surface area contributed by atoms with E-state index in [0.717, 1.165) is 72.9 Å². The van der Waals surface area contributed by atoms with Crippen LogP contribution in [0, 0.1) is 11.8 Å². The van der Waals surface area contributed by atoms with Crippen LogP contribution in [-0.4, -0.2) is 93.9 Å². The van der Waals surface area contributed by atoms with Crippen molar-refractivity contribution in [1.29, 1.82) is 0 Å². The Labute approximate surface area is 401 Å². The van der Waals surface area contributed by atoms with Crippen LogP contribution in [0.2, 0.25) is 5.02 Å². The van der Waals surface area contributed by atoms with Crippen molar-refractivity contribution in [2.24, 2.45) is 11.8 Å². The number of nitrogens with zero attached hydrogens (tertiary/aromatic N) is 3. The van der Waals surface area contributed by atoms with Crippen LogP contribution in [0.3, 0.4) is 0 Å². The van der Waals surface area contributed by atoms with Gasteiger partial charge in [0.1, 0.15) is 0 Å². The quantitative estimate of drug-likeness (QED) is 0.0689. The lowest BCUT2D eigenvalue weighted by Crippen LogP contribution is -2.56. The summed E-state index contributed by atoms with van der Waals surface area (Å²) in [4.78, 5) is 19.9. The third-order valence-corrected chi connectivity index (χ3v) is 18.0. The Bertz CT molecular complexity index is 2720. The van der Waals surface area contributed by atoms with Crippen molar-refractivity contribution in [3.63, 3.8) is 0 Å². The Balaban J connectivity index is 0.951. The number of halogens is 4. The number of hydrogen-bond donors (Lipinski definition) is 2. The van der Waals surface area contributed by atoms with Crippen molar-refractivity contribution in [2.75, 3.05) is 48.7 Å². The first-order chi connectivity index (χ1) is 31.4. The summed E-state index contributed by atoms with van der Waals surface area (Å²) in [5.41, 5.74) is 4.12. The van der Waals surface area contributed by atoms with Gasteiger partial charge >= 0.3 is 4.71 Å². The van der Waals surface area contributed by atoms with Gasteiger partial charge in [0.05, 0.1) is 15.5 Å². The average molecular weight is 997 g/mol. The molecule has 3 saturated heterocycles. The van der Waals surface area contributed by atoms with E-state index in [9.17, 15) is 30.4 Å². The van der Waals surface area contributed by atoms with E-state index in [2.05, 4.69) is 46.0 Å². The Morgan fingerprint density at radius 3 is 2.18 bits per heavy atom. The second-order valence-electron chi connectivity index (χ2n) is 17.6. The molecule has 350 valence electrons. The van der Waals surface area contributed by atoms with E-state index in [0.29, 0.717) is 48.2 Å². The standard InChI is InChI=1S/C49H53Cl2F2N5O5S3/c1-33-27-57(28-34(2)58(33)31-39-8-6-7-11-45(39)35-12-17-40(50)18-13-35)42-20-15-36(16-21-42)48(59)55-66(62,63)44-22-23-46(47(26-44)65(60,61)49(51,52)53)54-41(32-64-43-9-4-3-5-10-43)19-14-37-29-56-25-24-38(37)30-56/h3-13,15-18,20-23,26,33-34,37-38,41,54H,14,19,24-25,27-32H2,1-2H3,(H,55,59)/t33-,34+,37?,38-,41-/m1/s1. The van der Waals surface area contributed by atoms with Crippen molar-refractivity contribution < 1.29 is 30.4 Å². The van der Waals surface area contributed by atoms with Gasteiger partial charge in [0.25, 0.3) is 25.8 Å². The summed E-state index contributed by atoms with van der Waals surface area (Å²) in [6.07, 6.45) is 2.60. The summed E-state index contributed by atoms with van der Waals surface area (Å²) < 4.78 is 80.8. The van der Waals surface area contributed by atoms with Gasteiger partial charge in [-0.3, -0.25) is 9.69 Å². The maximum atomic E-state index is 14.7. The van der Waals surface area contributed by atoms with Crippen LogP contribution in [0.5, 0.6) is 0 Å². The van der Waals surface area contributed by atoms with E-state index < -0.39 is 40.3 Å². The number of benzene rings is 5. The van der Waals surface area contributed by atoms with E-state index in [1.54, 1.807) is 12.1 Å². The number of carbonyl (C=O) groups excluding carboxylic acids is 1. The Hall–Kier alpha value is -4.22. The molecule has 66 heavy (non-hydrogen) atoms. The molecule has 6 atom stereocenters. The number of piperidine rings is 1. The summed E-state index contributed by atoms with van der Waals surface area (Å²) in [6.45, 7) is 9.65. The highest BCUT2D eigenvalue weighted by molar-refractivity contribution is 7.99. The minimum Gasteiger partial charge on any atom is -0.380 e. The molecule has 2 N–H and O–H groups in total. The van der Waals surface area contributed by atoms with E-state index in [1.807, 2.05) is 71.5 Å². The highest BCUT2D eigenvalue weighted by Crippen LogP contribution is 2.40. The molecule has 3 heterocycles. The van der Waals surface area contributed by atoms with Gasteiger partial charge in [-0.15, -0.1) is 11.8 Å². The number of rotatable bonds is 17. The van der Waals surface area contributed by atoms with Gasteiger partial charge in [0.2, 0.25) is 0 Å². The van der Waals surface area contributed by atoms with Crippen molar-refractivity contribution in [3.8, 4) is 11.1 Å². The smallest absolute Gasteiger partial charge is 0.380 e.